The van der Waals surface area contributed by atoms with Crippen molar-refractivity contribution in [3.63, 3.8) is 0 Å². The van der Waals surface area contributed by atoms with E-state index in [0.717, 1.165) is 28.9 Å². The van der Waals surface area contributed by atoms with E-state index in [0.29, 0.717) is 17.8 Å². The molecule has 2 heterocycles. The molecule has 5 heteroatoms. The Morgan fingerprint density at radius 2 is 1.71 bits per heavy atom. The predicted octanol–water partition coefficient (Wildman–Crippen LogP) is 4.28. The lowest BCUT2D eigenvalue weighted by atomic mass is 9.96. The third-order valence-electron chi connectivity index (χ3n) is 5.87. The molecule has 1 atom stereocenters. The zero-order chi connectivity index (χ0) is 21.4. The summed E-state index contributed by atoms with van der Waals surface area (Å²) in [6, 6.07) is 24.6. The van der Waals surface area contributed by atoms with Crippen molar-refractivity contribution in [2.24, 2.45) is 0 Å². The van der Waals surface area contributed by atoms with Crippen molar-refractivity contribution in [1.29, 1.82) is 0 Å². The molecule has 1 unspecified atom stereocenters. The minimum Gasteiger partial charge on any atom is -0.497 e. The lowest BCUT2D eigenvalue weighted by Crippen LogP contribution is -2.39. The first kappa shape index (κ1) is 19.1. The summed E-state index contributed by atoms with van der Waals surface area (Å²) in [6.45, 7) is 0.550. The maximum Gasteiger partial charge on any atom is 0.272 e. The number of hydrogen-bond acceptors (Lipinski definition) is 3. The molecule has 1 fully saturated rings. The molecule has 5 nitrogen and oxygen atoms in total. The van der Waals surface area contributed by atoms with Gasteiger partial charge in [0.2, 0.25) is 0 Å². The number of hydrogen-bond donors (Lipinski definition) is 0. The van der Waals surface area contributed by atoms with Crippen LogP contribution in [0.25, 0.3) is 6.08 Å². The predicted molar refractivity (Wildman–Crippen MR) is 118 cm³/mol. The SMILES string of the molecule is COc1ccc2c(c1)CCN1C(=O)/C(=C/c3ccccc3)N(C(=O)c3ccccc3)C21. The van der Waals surface area contributed by atoms with Crippen LogP contribution in [0.15, 0.2) is 84.6 Å². The van der Waals surface area contributed by atoms with Gasteiger partial charge in [0.25, 0.3) is 11.8 Å². The van der Waals surface area contributed by atoms with E-state index in [9.17, 15) is 9.59 Å². The van der Waals surface area contributed by atoms with Crippen molar-refractivity contribution in [3.05, 3.63) is 107 Å². The minimum absolute atomic E-state index is 0.125. The normalized spacial score (nSPS) is 18.7. The summed E-state index contributed by atoms with van der Waals surface area (Å²) in [4.78, 5) is 30.6. The Morgan fingerprint density at radius 3 is 2.42 bits per heavy atom. The van der Waals surface area contributed by atoms with Gasteiger partial charge < -0.3 is 9.64 Å². The molecule has 3 aromatic rings. The molecule has 3 aromatic carbocycles. The molecule has 0 saturated carbocycles. The van der Waals surface area contributed by atoms with Crippen LogP contribution < -0.4 is 4.74 Å². The number of carbonyl (C=O) groups excluding carboxylic acids is 2. The minimum atomic E-state index is -0.468. The van der Waals surface area contributed by atoms with Crippen LogP contribution in [0, 0.1) is 0 Å². The summed E-state index contributed by atoms with van der Waals surface area (Å²) < 4.78 is 5.38. The van der Waals surface area contributed by atoms with Crippen LogP contribution in [0.4, 0.5) is 0 Å². The van der Waals surface area contributed by atoms with Gasteiger partial charge in [0, 0.05) is 12.1 Å². The Kier molecular flexibility index (Phi) is 4.79. The van der Waals surface area contributed by atoms with Crippen LogP contribution in [0.5, 0.6) is 5.75 Å². The van der Waals surface area contributed by atoms with Gasteiger partial charge in [-0.1, -0.05) is 54.6 Å². The van der Waals surface area contributed by atoms with Crippen LogP contribution in [-0.2, 0) is 11.2 Å². The number of methoxy groups -OCH3 is 1. The van der Waals surface area contributed by atoms with Crippen LogP contribution in [0.1, 0.15) is 33.2 Å². The van der Waals surface area contributed by atoms with Crippen LogP contribution in [-0.4, -0.2) is 35.3 Å². The first-order valence-corrected chi connectivity index (χ1v) is 10.3. The summed E-state index contributed by atoms with van der Waals surface area (Å²) in [7, 11) is 1.64. The van der Waals surface area contributed by atoms with Crippen molar-refractivity contribution in [2.75, 3.05) is 13.7 Å². The number of rotatable bonds is 3. The van der Waals surface area contributed by atoms with Crippen molar-refractivity contribution in [3.8, 4) is 5.75 Å². The molecule has 2 aliphatic rings. The molecule has 0 bridgehead atoms. The van der Waals surface area contributed by atoms with E-state index < -0.39 is 6.17 Å². The topological polar surface area (TPSA) is 49.9 Å². The monoisotopic (exact) mass is 410 g/mol. The molecular weight excluding hydrogens is 388 g/mol. The van der Waals surface area contributed by atoms with E-state index >= 15 is 0 Å². The summed E-state index contributed by atoms with van der Waals surface area (Å²) in [5, 5.41) is 0. The van der Waals surface area contributed by atoms with Gasteiger partial charge in [-0.2, -0.15) is 0 Å². The van der Waals surface area contributed by atoms with Gasteiger partial charge in [0.15, 0.2) is 0 Å². The number of carbonyl (C=O) groups is 2. The van der Waals surface area contributed by atoms with Crippen LogP contribution in [0.2, 0.25) is 0 Å². The molecule has 5 rings (SSSR count). The maximum absolute atomic E-state index is 13.7. The first-order chi connectivity index (χ1) is 15.2. The lowest BCUT2D eigenvalue weighted by Gasteiger charge is -2.35. The molecule has 0 aromatic heterocycles. The van der Waals surface area contributed by atoms with Crippen LogP contribution >= 0.6 is 0 Å². The molecule has 1 saturated heterocycles. The summed E-state index contributed by atoms with van der Waals surface area (Å²) in [6.07, 6.45) is 2.07. The Bertz CT molecular complexity index is 1170. The Hall–Kier alpha value is -3.86. The highest BCUT2D eigenvalue weighted by molar-refractivity contribution is 6.08. The van der Waals surface area contributed by atoms with E-state index in [2.05, 4.69) is 0 Å². The highest BCUT2D eigenvalue weighted by Crippen LogP contribution is 2.43. The van der Waals surface area contributed by atoms with Gasteiger partial charge in [-0.05, 0) is 53.5 Å². The lowest BCUT2D eigenvalue weighted by molar-refractivity contribution is -0.126. The van der Waals surface area contributed by atoms with Crippen molar-refractivity contribution < 1.29 is 14.3 Å². The van der Waals surface area contributed by atoms with Crippen LogP contribution in [0.3, 0.4) is 0 Å². The van der Waals surface area contributed by atoms with Gasteiger partial charge in [0.1, 0.15) is 17.6 Å². The number of ether oxygens (including phenoxy) is 1. The smallest absolute Gasteiger partial charge is 0.272 e. The third kappa shape index (κ3) is 3.28. The molecule has 0 aliphatic carbocycles. The fraction of sp³-hybridized carbons (Fsp3) is 0.154. The zero-order valence-electron chi connectivity index (χ0n) is 17.2. The average Bonchev–Trinajstić information content (AvgIpc) is 3.11. The van der Waals surface area contributed by atoms with E-state index in [4.69, 9.17) is 4.74 Å². The van der Waals surface area contributed by atoms with Gasteiger partial charge in [0.05, 0.1) is 7.11 Å². The molecule has 0 N–H and O–H groups in total. The molecule has 0 radical (unpaired) electrons. The van der Waals surface area contributed by atoms with E-state index in [1.165, 1.54) is 0 Å². The third-order valence-corrected chi connectivity index (χ3v) is 5.87. The molecule has 0 spiro atoms. The van der Waals surface area contributed by atoms with Gasteiger partial charge in [-0.3, -0.25) is 14.5 Å². The largest absolute Gasteiger partial charge is 0.497 e. The fourth-order valence-electron chi connectivity index (χ4n) is 4.36. The van der Waals surface area contributed by atoms with E-state index in [1.54, 1.807) is 29.0 Å². The Balaban J connectivity index is 1.67. The second-order valence-corrected chi connectivity index (χ2v) is 7.67. The average molecular weight is 410 g/mol. The molecule has 2 aliphatic heterocycles. The molecule has 154 valence electrons. The summed E-state index contributed by atoms with van der Waals surface area (Å²) in [5.74, 6) is 0.462. The van der Waals surface area contributed by atoms with Gasteiger partial charge in [-0.25, -0.2) is 0 Å². The fourth-order valence-corrected chi connectivity index (χ4v) is 4.36. The van der Waals surface area contributed by atoms with E-state index in [1.807, 2.05) is 72.8 Å². The molecule has 2 amide bonds. The van der Waals surface area contributed by atoms with Crippen molar-refractivity contribution in [2.45, 2.75) is 12.6 Å². The Morgan fingerprint density at radius 1 is 1.00 bits per heavy atom. The highest BCUT2D eigenvalue weighted by atomic mass is 16.5. The second kappa shape index (κ2) is 7.76. The quantitative estimate of drug-likeness (QED) is 0.606. The second-order valence-electron chi connectivity index (χ2n) is 7.67. The number of fused-ring (bicyclic) bond motifs is 3. The summed E-state index contributed by atoms with van der Waals surface area (Å²) >= 11 is 0. The van der Waals surface area contributed by atoms with Crippen molar-refractivity contribution in [1.82, 2.24) is 9.80 Å². The zero-order valence-corrected chi connectivity index (χ0v) is 17.2. The van der Waals surface area contributed by atoms with Gasteiger partial charge >= 0.3 is 0 Å². The molecule has 31 heavy (non-hydrogen) atoms. The molecular formula is C26H22N2O3. The first-order valence-electron chi connectivity index (χ1n) is 10.3. The van der Waals surface area contributed by atoms with Crippen molar-refractivity contribution >= 4 is 17.9 Å². The van der Waals surface area contributed by atoms with E-state index in [-0.39, 0.29) is 11.8 Å². The number of benzene rings is 3. The Labute approximate surface area is 181 Å². The highest BCUT2D eigenvalue weighted by Gasteiger charge is 2.48. The maximum atomic E-state index is 13.7. The number of amides is 2. The number of nitrogens with zero attached hydrogens (tertiary/aromatic N) is 2. The summed E-state index contributed by atoms with van der Waals surface area (Å²) in [5.41, 5.74) is 3.89. The standard InChI is InChI=1S/C26H22N2O3/c1-31-21-12-13-22-20(17-21)14-15-27-24(22)28(25(29)19-10-6-3-7-11-19)23(26(27)30)16-18-8-4-2-5-9-18/h2-13,16-17,24H,14-15H2,1H3/b23-16-. The van der Waals surface area contributed by atoms with Gasteiger partial charge in [-0.15, -0.1) is 0 Å².